The van der Waals surface area contributed by atoms with Crippen LogP contribution in [-0.2, 0) is 0 Å². The Morgan fingerprint density at radius 2 is 2.06 bits per heavy atom. The van der Waals surface area contributed by atoms with Gasteiger partial charge in [-0.3, -0.25) is 0 Å². The maximum absolute atomic E-state index is 5.90. The molecule has 0 bridgehead atoms. The van der Waals surface area contributed by atoms with Crippen LogP contribution in [0.3, 0.4) is 0 Å². The molecule has 0 aromatic rings. The van der Waals surface area contributed by atoms with Crippen molar-refractivity contribution in [3.8, 4) is 0 Å². The van der Waals surface area contributed by atoms with Gasteiger partial charge in [0.05, 0.1) is 9.74 Å². The molecule has 1 heterocycles. The first-order valence-corrected chi connectivity index (χ1v) is 8.24. The van der Waals surface area contributed by atoms with Gasteiger partial charge in [-0.25, -0.2) is 0 Å². The van der Waals surface area contributed by atoms with Crippen LogP contribution in [0.5, 0.6) is 0 Å². The molecular weight excluding hydrogens is 248 g/mol. The second-order valence-corrected chi connectivity index (χ2v) is 6.89. The van der Waals surface area contributed by atoms with E-state index in [4.69, 9.17) is 18.0 Å². The molecule has 0 saturated carbocycles. The summed E-state index contributed by atoms with van der Waals surface area (Å²) in [6.45, 7) is 8.14. The zero-order chi connectivity index (χ0) is 12.9. The maximum Gasteiger partial charge on any atom is 0.0891 e. The van der Waals surface area contributed by atoms with E-state index in [0.29, 0.717) is 4.99 Å². The van der Waals surface area contributed by atoms with Crippen LogP contribution < -0.4 is 5.73 Å². The van der Waals surface area contributed by atoms with E-state index in [1.165, 1.54) is 19.4 Å². The molecule has 0 aromatic heterocycles. The van der Waals surface area contributed by atoms with Gasteiger partial charge >= 0.3 is 0 Å². The third-order valence-electron chi connectivity index (χ3n) is 3.85. The first kappa shape index (κ1) is 15.3. The lowest BCUT2D eigenvalue weighted by Gasteiger charge is -2.40. The second kappa shape index (κ2) is 6.95. The molecule has 1 fully saturated rings. The topological polar surface area (TPSA) is 29.3 Å². The molecule has 0 radical (unpaired) electrons. The van der Waals surface area contributed by atoms with Gasteiger partial charge in [0, 0.05) is 6.54 Å². The van der Waals surface area contributed by atoms with Crippen molar-refractivity contribution in [3.05, 3.63) is 0 Å². The Labute approximate surface area is 116 Å². The molecule has 1 unspecified atom stereocenters. The predicted molar refractivity (Wildman–Crippen MR) is 82.8 cm³/mol. The quantitative estimate of drug-likeness (QED) is 0.754. The summed E-state index contributed by atoms with van der Waals surface area (Å²) in [4.78, 5) is 3.28. The minimum atomic E-state index is 0.0693. The van der Waals surface area contributed by atoms with E-state index in [1.54, 1.807) is 0 Å². The van der Waals surface area contributed by atoms with Gasteiger partial charge in [0.2, 0.25) is 0 Å². The molecule has 100 valence electrons. The highest BCUT2D eigenvalue weighted by Gasteiger charge is 2.36. The molecule has 0 aromatic carbocycles. The minimum absolute atomic E-state index is 0.0693. The summed E-state index contributed by atoms with van der Waals surface area (Å²) in [5.41, 5.74) is 5.90. The number of hydrogen-bond donors (Lipinski definition) is 1. The second-order valence-electron chi connectivity index (χ2n) is 5.26. The Morgan fingerprint density at radius 1 is 1.47 bits per heavy atom. The minimum Gasteiger partial charge on any atom is -0.392 e. The van der Waals surface area contributed by atoms with Gasteiger partial charge in [0.25, 0.3) is 0 Å². The zero-order valence-electron chi connectivity index (χ0n) is 11.4. The molecule has 1 atom stereocenters. The van der Waals surface area contributed by atoms with E-state index in [0.717, 1.165) is 31.8 Å². The highest BCUT2D eigenvalue weighted by Crippen LogP contribution is 2.35. The third kappa shape index (κ3) is 4.11. The summed E-state index contributed by atoms with van der Waals surface area (Å²) in [7, 11) is 0. The van der Waals surface area contributed by atoms with Crippen LogP contribution in [0.4, 0.5) is 0 Å². The lowest BCUT2D eigenvalue weighted by atomic mass is 9.94. The van der Waals surface area contributed by atoms with Crippen LogP contribution in [0.1, 0.15) is 39.5 Å². The number of hydrogen-bond acceptors (Lipinski definition) is 3. The molecule has 1 saturated heterocycles. The highest BCUT2D eigenvalue weighted by atomic mass is 32.2. The van der Waals surface area contributed by atoms with Crippen LogP contribution in [0.2, 0.25) is 0 Å². The van der Waals surface area contributed by atoms with Crippen LogP contribution in [-0.4, -0.2) is 40.5 Å². The molecular formula is C13H26N2S2. The number of thiocarbonyl (C=S) groups is 1. The van der Waals surface area contributed by atoms with Crippen molar-refractivity contribution in [2.24, 2.45) is 11.7 Å². The first-order chi connectivity index (χ1) is 8.04. The fraction of sp³-hybridized carbons (Fsp3) is 0.923. The fourth-order valence-electron chi connectivity index (χ4n) is 2.67. The predicted octanol–water partition coefficient (Wildman–Crippen LogP) is 2.91. The van der Waals surface area contributed by atoms with Crippen molar-refractivity contribution < 1.29 is 0 Å². The van der Waals surface area contributed by atoms with Gasteiger partial charge in [0.15, 0.2) is 0 Å². The van der Waals surface area contributed by atoms with Crippen LogP contribution in [0.25, 0.3) is 0 Å². The molecule has 1 rings (SSSR count). The van der Waals surface area contributed by atoms with E-state index in [-0.39, 0.29) is 4.75 Å². The van der Waals surface area contributed by atoms with Crippen molar-refractivity contribution in [3.63, 3.8) is 0 Å². The van der Waals surface area contributed by atoms with Crippen molar-refractivity contribution in [1.82, 2.24) is 4.90 Å². The molecule has 1 aliphatic heterocycles. The normalized spacial score (nSPS) is 22.3. The number of likely N-dealkylation sites (tertiary alicyclic amines) is 1. The summed E-state index contributed by atoms with van der Waals surface area (Å²) < 4.78 is 0.0693. The Bertz CT molecular complexity index is 248. The van der Waals surface area contributed by atoms with Gasteiger partial charge in [0.1, 0.15) is 0 Å². The van der Waals surface area contributed by atoms with Crippen molar-refractivity contribution in [2.45, 2.75) is 44.3 Å². The third-order valence-corrected chi connectivity index (χ3v) is 5.78. The van der Waals surface area contributed by atoms with Crippen molar-refractivity contribution in [2.75, 3.05) is 25.9 Å². The zero-order valence-corrected chi connectivity index (χ0v) is 13.0. The number of nitrogens with zero attached hydrogens (tertiary/aromatic N) is 1. The van der Waals surface area contributed by atoms with E-state index in [2.05, 4.69) is 25.0 Å². The summed E-state index contributed by atoms with van der Waals surface area (Å²) in [6, 6.07) is 0. The van der Waals surface area contributed by atoms with E-state index in [1.807, 2.05) is 11.8 Å². The largest absolute Gasteiger partial charge is 0.392 e. The van der Waals surface area contributed by atoms with Gasteiger partial charge in [-0.15, -0.1) is 0 Å². The molecule has 4 heteroatoms. The van der Waals surface area contributed by atoms with E-state index < -0.39 is 0 Å². The lowest BCUT2D eigenvalue weighted by Crippen LogP contribution is -2.49. The Hall–Kier alpha value is 0.200. The highest BCUT2D eigenvalue weighted by molar-refractivity contribution is 8.01. The average Bonchev–Trinajstić information content (AvgIpc) is 2.30. The molecule has 17 heavy (non-hydrogen) atoms. The smallest absolute Gasteiger partial charge is 0.0891 e. The van der Waals surface area contributed by atoms with Crippen molar-refractivity contribution >= 4 is 29.0 Å². The van der Waals surface area contributed by atoms with Gasteiger partial charge in [-0.2, -0.15) is 11.8 Å². The molecule has 0 amide bonds. The Balaban J connectivity index is 2.42. The lowest BCUT2D eigenvalue weighted by molar-refractivity contribution is 0.190. The number of piperidine rings is 1. The Morgan fingerprint density at radius 3 is 2.47 bits per heavy atom. The standard InChI is InChI=1S/C13H26N2S2/c1-4-5-11(2)10-15-8-6-13(17-3,7-9-15)12(14)16/h11H,4-10H2,1-3H3,(H2,14,16). The summed E-state index contributed by atoms with van der Waals surface area (Å²) in [5.74, 6) is 0.812. The molecule has 2 N–H and O–H groups in total. The van der Waals surface area contributed by atoms with Crippen LogP contribution in [0.15, 0.2) is 0 Å². The van der Waals surface area contributed by atoms with Gasteiger partial charge < -0.3 is 10.6 Å². The van der Waals surface area contributed by atoms with Gasteiger partial charge in [-0.1, -0.05) is 32.5 Å². The van der Waals surface area contributed by atoms with E-state index in [9.17, 15) is 0 Å². The van der Waals surface area contributed by atoms with Crippen LogP contribution in [0, 0.1) is 5.92 Å². The summed E-state index contributed by atoms with van der Waals surface area (Å²) in [5, 5.41) is 0. The summed E-state index contributed by atoms with van der Waals surface area (Å²) >= 11 is 7.07. The van der Waals surface area contributed by atoms with Crippen LogP contribution >= 0.6 is 24.0 Å². The number of nitrogens with two attached hydrogens (primary N) is 1. The molecule has 0 spiro atoms. The molecule has 1 aliphatic rings. The maximum atomic E-state index is 5.90. The van der Waals surface area contributed by atoms with Gasteiger partial charge in [-0.05, 0) is 44.5 Å². The number of thioether (sulfide) groups is 1. The molecule has 2 nitrogen and oxygen atoms in total. The molecule has 0 aliphatic carbocycles. The Kier molecular flexibility index (Phi) is 6.24. The summed E-state index contributed by atoms with van der Waals surface area (Å²) in [6.07, 6.45) is 6.98. The number of rotatable bonds is 6. The monoisotopic (exact) mass is 274 g/mol. The SMILES string of the molecule is CCCC(C)CN1CCC(SC)(C(N)=S)CC1. The first-order valence-electron chi connectivity index (χ1n) is 6.61. The average molecular weight is 274 g/mol. The van der Waals surface area contributed by atoms with Crippen molar-refractivity contribution in [1.29, 1.82) is 0 Å². The fourth-order valence-corrected chi connectivity index (χ4v) is 3.92. The van der Waals surface area contributed by atoms with E-state index >= 15 is 0 Å².